The number of aliphatic imine (C=N–C) groups is 1. The Hall–Kier alpha value is -1.68. The zero-order valence-corrected chi connectivity index (χ0v) is 8.72. The topological polar surface area (TPSA) is 37.1 Å². The van der Waals surface area contributed by atoms with Crippen LogP contribution in [0.15, 0.2) is 43.0 Å². The van der Waals surface area contributed by atoms with Crippen LogP contribution in [-0.4, -0.2) is 23.7 Å². The van der Waals surface area contributed by atoms with Gasteiger partial charge in [-0.15, -0.1) is 0 Å². The molecule has 2 aliphatic heterocycles. The van der Waals surface area contributed by atoms with Crippen molar-refractivity contribution in [2.24, 2.45) is 4.99 Å². The van der Waals surface area contributed by atoms with Crippen molar-refractivity contribution in [2.45, 2.75) is 12.8 Å². The number of nitrogens with one attached hydrogen (secondary N) is 1. The van der Waals surface area contributed by atoms with Gasteiger partial charge in [-0.2, -0.15) is 0 Å². The molecule has 1 unspecified atom stereocenters. The number of carbonyl (C=O) groups is 1. The maximum atomic E-state index is 10.7. The van der Waals surface area contributed by atoms with Crippen molar-refractivity contribution in [1.29, 1.82) is 0 Å². The first-order valence-electron chi connectivity index (χ1n) is 4.89. The van der Waals surface area contributed by atoms with Gasteiger partial charge in [-0.25, -0.2) is 9.89 Å². The van der Waals surface area contributed by atoms with Gasteiger partial charge in [0.25, 0.3) is 0 Å². The van der Waals surface area contributed by atoms with Gasteiger partial charge in [0.15, 0.2) is 6.34 Å². The van der Waals surface area contributed by atoms with E-state index in [4.69, 9.17) is 0 Å². The first-order valence-corrected chi connectivity index (χ1v) is 4.89. The van der Waals surface area contributed by atoms with E-state index in [2.05, 4.69) is 18.2 Å². The quantitative estimate of drug-likeness (QED) is 0.692. The summed E-state index contributed by atoms with van der Waals surface area (Å²) in [6, 6.07) is 0. The molecule has 0 spiro atoms. The first-order chi connectivity index (χ1) is 7.27. The predicted molar refractivity (Wildman–Crippen MR) is 59.9 cm³/mol. The van der Waals surface area contributed by atoms with E-state index >= 15 is 0 Å². The molecule has 15 heavy (non-hydrogen) atoms. The molecule has 1 fully saturated rings. The van der Waals surface area contributed by atoms with Crippen LogP contribution in [0.25, 0.3) is 0 Å². The van der Waals surface area contributed by atoms with Gasteiger partial charge in [0, 0.05) is 13.0 Å². The molecule has 4 heteroatoms. The Labute approximate surface area is 89.9 Å². The van der Waals surface area contributed by atoms with Gasteiger partial charge in [0.2, 0.25) is 5.91 Å². The van der Waals surface area contributed by atoms with Crippen LogP contribution in [-0.2, 0) is 4.79 Å². The molecule has 0 aliphatic carbocycles. The zero-order valence-electron chi connectivity index (χ0n) is 8.72. The highest BCUT2D eigenvalue weighted by atomic mass is 16.2. The number of nitrogens with zero attached hydrogens (tertiary/aromatic N) is 2. The normalized spacial score (nSPS) is 22.5. The molecule has 2 heterocycles. The van der Waals surface area contributed by atoms with E-state index in [1.54, 1.807) is 29.8 Å². The molecule has 1 atom stereocenters. The highest BCUT2D eigenvalue weighted by molar-refractivity contribution is 5.78. The first kappa shape index (κ1) is 11.4. The number of quaternary nitrogens is 1. The van der Waals surface area contributed by atoms with Crippen LogP contribution in [0.5, 0.6) is 0 Å². The standard InChI is InChI=1S/C6H9NO.C5H6N2/c1-2-7-5-3-4-6(7)8;1-2-7-4-3-6-5-7/h2H,1,3-5H2;2-5H,1H2/p+1. The molecule has 1 amide bonds. The molecule has 2 rings (SSSR count). The lowest BCUT2D eigenvalue weighted by Gasteiger charge is -2.05. The summed E-state index contributed by atoms with van der Waals surface area (Å²) in [4.78, 5) is 17.2. The molecule has 0 aromatic carbocycles. The molecule has 1 N–H and O–H groups in total. The summed E-state index contributed by atoms with van der Waals surface area (Å²) < 4.78 is 0. The Kier molecular flexibility index (Phi) is 4.50. The molecule has 0 aromatic heterocycles. The van der Waals surface area contributed by atoms with Gasteiger partial charge >= 0.3 is 0 Å². The van der Waals surface area contributed by atoms with Crippen LogP contribution >= 0.6 is 0 Å². The van der Waals surface area contributed by atoms with E-state index in [1.807, 2.05) is 6.20 Å². The van der Waals surface area contributed by atoms with E-state index in [-0.39, 0.29) is 5.91 Å². The van der Waals surface area contributed by atoms with Crippen LogP contribution < -0.4 is 4.90 Å². The maximum Gasteiger partial charge on any atom is 0.226 e. The number of hydrogen-bond donors (Lipinski definition) is 1. The number of rotatable bonds is 2. The highest BCUT2D eigenvalue weighted by Crippen LogP contribution is 2.08. The van der Waals surface area contributed by atoms with Gasteiger partial charge in [0.1, 0.15) is 6.20 Å². The van der Waals surface area contributed by atoms with Crippen LogP contribution in [0, 0.1) is 0 Å². The second-order valence-electron chi connectivity index (χ2n) is 3.17. The third-order valence-corrected chi connectivity index (χ3v) is 2.14. The average Bonchev–Trinajstić information content (AvgIpc) is 2.88. The van der Waals surface area contributed by atoms with Crippen LogP contribution in [0.2, 0.25) is 0 Å². The molecular formula is C11H16N3O+. The number of amides is 1. The van der Waals surface area contributed by atoms with Crippen LogP contribution in [0.3, 0.4) is 0 Å². The Balaban J connectivity index is 0.000000151. The Morgan fingerprint density at radius 3 is 2.60 bits per heavy atom. The SMILES string of the molecule is C=CN1CCCC1=O.C=C[NH+]1C=CN=C1. The van der Waals surface area contributed by atoms with Crippen molar-refractivity contribution in [3.05, 3.63) is 38.0 Å². The van der Waals surface area contributed by atoms with E-state index in [1.165, 1.54) is 0 Å². The lowest BCUT2D eigenvalue weighted by molar-refractivity contribution is -0.670. The third kappa shape index (κ3) is 3.52. The Bertz CT molecular complexity index is 295. The van der Waals surface area contributed by atoms with Crippen molar-refractivity contribution in [3.63, 3.8) is 0 Å². The number of carbonyl (C=O) groups excluding carboxylic acids is 1. The molecule has 2 aliphatic rings. The zero-order chi connectivity index (χ0) is 11.1. The molecule has 0 radical (unpaired) electrons. The second-order valence-corrected chi connectivity index (χ2v) is 3.17. The Morgan fingerprint density at radius 2 is 2.33 bits per heavy atom. The van der Waals surface area contributed by atoms with Gasteiger partial charge in [-0.1, -0.05) is 6.58 Å². The molecule has 0 bridgehead atoms. The predicted octanol–water partition coefficient (Wildman–Crippen LogP) is 0.280. The van der Waals surface area contributed by atoms with E-state index in [9.17, 15) is 4.79 Å². The van der Waals surface area contributed by atoms with Gasteiger partial charge in [-0.05, 0) is 19.2 Å². The molecule has 0 saturated carbocycles. The largest absolute Gasteiger partial charge is 0.320 e. The average molecular weight is 206 g/mol. The minimum absolute atomic E-state index is 0.208. The molecular weight excluding hydrogens is 190 g/mol. The summed E-state index contributed by atoms with van der Waals surface area (Å²) in [6.07, 6.45) is 10.5. The monoisotopic (exact) mass is 206 g/mol. The van der Waals surface area contributed by atoms with Crippen molar-refractivity contribution >= 4 is 12.2 Å². The van der Waals surface area contributed by atoms with Crippen molar-refractivity contribution in [2.75, 3.05) is 6.54 Å². The summed E-state index contributed by atoms with van der Waals surface area (Å²) in [5.74, 6) is 0.208. The molecule has 80 valence electrons. The van der Waals surface area contributed by atoms with Crippen LogP contribution in [0.4, 0.5) is 0 Å². The summed E-state index contributed by atoms with van der Waals surface area (Å²) in [5.41, 5.74) is 0. The van der Waals surface area contributed by atoms with Gasteiger partial charge < -0.3 is 4.90 Å². The highest BCUT2D eigenvalue weighted by Gasteiger charge is 2.15. The van der Waals surface area contributed by atoms with Gasteiger partial charge in [0.05, 0.1) is 12.4 Å². The smallest absolute Gasteiger partial charge is 0.226 e. The summed E-state index contributed by atoms with van der Waals surface area (Å²) in [5, 5.41) is 0. The lowest BCUT2D eigenvalue weighted by Crippen LogP contribution is -3.00. The fourth-order valence-electron chi connectivity index (χ4n) is 1.28. The number of likely N-dealkylation sites (tertiary alicyclic amines) is 1. The van der Waals surface area contributed by atoms with Crippen molar-refractivity contribution in [1.82, 2.24) is 4.90 Å². The lowest BCUT2D eigenvalue weighted by atomic mass is 10.4. The third-order valence-electron chi connectivity index (χ3n) is 2.14. The summed E-state index contributed by atoms with van der Waals surface area (Å²) >= 11 is 0. The second kappa shape index (κ2) is 5.93. The van der Waals surface area contributed by atoms with Crippen molar-refractivity contribution in [3.8, 4) is 0 Å². The Morgan fingerprint density at radius 1 is 1.53 bits per heavy atom. The minimum Gasteiger partial charge on any atom is -0.320 e. The van der Waals surface area contributed by atoms with E-state index < -0.39 is 0 Å². The molecule has 4 nitrogen and oxygen atoms in total. The maximum absolute atomic E-state index is 10.7. The van der Waals surface area contributed by atoms with Crippen molar-refractivity contribution < 1.29 is 9.69 Å². The fourth-order valence-corrected chi connectivity index (χ4v) is 1.28. The van der Waals surface area contributed by atoms with Crippen LogP contribution in [0.1, 0.15) is 12.8 Å². The number of hydrogen-bond acceptors (Lipinski definition) is 2. The molecule has 1 saturated heterocycles. The van der Waals surface area contributed by atoms with E-state index in [0.717, 1.165) is 17.9 Å². The minimum atomic E-state index is 0.208. The fraction of sp³-hybridized carbons (Fsp3) is 0.273. The van der Waals surface area contributed by atoms with Gasteiger partial charge in [-0.3, -0.25) is 4.79 Å². The van der Waals surface area contributed by atoms with E-state index in [0.29, 0.717) is 6.42 Å². The summed E-state index contributed by atoms with van der Waals surface area (Å²) in [6.45, 7) is 7.92. The molecule has 0 aromatic rings. The summed E-state index contributed by atoms with van der Waals surface area (Å²) in [7, 11) is 0.